The average Bonchev–Trinajstić information content (AvgIpc) is 3.54. The fourth-order valence-electron chi connectivity index (χ4n) is 3.34. The molecular formula is C23H24N2O5. The maximum Gasteiger partial charge on any atom is 0.254 e. The number of nitrogens with zero attached hydrogens (tertiary/aromatic N) is 2. The van der Waals surface area contributed by atoms with Gasteiger partial charge in [0.05, 0.1) is 33.4 Å². The van der Waals surface area contributed by atoms with Gasteiger partial charge in [0, 0.05) is 23.7 Å². The lowest BCUT2D eigenvalue weighted by Gasteiger charge is -2.21. The largest absolute Gasteiger partial charge is 0.497 e. The van der Waals surface area contributed by atoms with Gasteiger partial charge in [-0.1, -0.05) is 5.16 Å². The van der Waals surface area contributed by atoms with Crippen LogP contribution in [0, 0.1) is 0 Å². The molecule has 0 aliphatic heterocycles. The second-order valence-electron chi connectivity index (χ2n) is 7.14. The van der Waals surface area contributed by atoms with Gasteiger partial charge in [-0.15, -0.1) is 0 Å². The van der Waals surface area contributed by atoms with E-state index in [1.165, 1.54) is 0 Å². The minimum Gasteiger partial charge on any atom is -0.497 e. The van der Waals surface area contributed by atoms with Gasteiger partial charge in [-0.25, -0.2) is 0 Å². The molecular weight excluding hydrogens is 384 g/mol. The fourth-order valence-corrected chi connectivity index (χ4v) is 3.34. The summed E-state index contributed by atoms with van der Waals surface area (Å²) >= 11 is 0. The topological polar surface area (TPSA) is 74.0 Å². The van der Waals surface area contributed by atoms with E-state index in [9.17, 15) is 4.79 Å². The lowest BCUT2D eigenvalue weighted by molar-refractivity contribution is 0.0726. The number of hydrogen-bond acceptors (Lipinski definition) is 6. The van der Waals surface area contributed by atoms with Crippen LogP contribution in [0.1, 0.15) is 28.9 Å². The van der Waals surface area contributed by atoms with Crippen LogP contribution in [0.2, 0.25) is 0 Å². The van der Waals surface area contributed by atoms with Crippen molar-refractivity contribution in [2.45, 2.75) is 25.4 Å². The zero-order valence-electron chi connectivity index (χ0n) is 17.3. The molecule has 1 aliphatic carbocycles. The Morgan fingerprint density at radius 1 is 1.00 bits per heavy atom. The number of amides is 1. The van der Waals surface area contributed by atoms with Gasteiger partial charge < -0.3 is 23.6 Å². The Hall–Kier alpha value is -3.48. The van der Waals surface area contributed by atoms with E-state index in [1.54, 1.807) is 51.7 Å². The van der Waals surface area contributed by atoms with Crippen LogP contribution in [0.5, 0.6) is 17.2 Å². The highest BCUT2D eigenvalue weighted by Gasteiger charge is 2.33. The smallest absolute Gasteiger partial charge is 0.254 e. The summed E-state index contributed by atoms with van der Waals surface area (Å²) in [5, 5.41) is 4.19. The van der Waals surface area contributed by atoms with Crippen LogP contribution in [0.15, 0.2) is 53.1 Å². The van der Waals surface area contributed by atoms with Crippen LogP contribution < -0.4 is 14.2 Å². The first-order valence-electron chi connectivity index (χ1n) is 9.76. The van der Waals surface area contributed by atoms with E-state index in [0.29, 0.717) is 35.1 Å². The summed E-state index contributed by atoms with van der Waals surface area (Å²) in [7, 11) is 4.80. The molecule has 0 saturated heterocycles. The van der Waals surface area contributed by atoms with Crippen LogP contribution in [-0.4, -0.2) is 43.3 Å². The average molecular weight is 408 g/mol. The summed E-state index contributed by atoms with van der Waals surface area (Å²) in [5.41, 5.74) is 2.09. The van der Waals surface area contributed by atoms with Crippen molar-refractivity contribution < 1.29 is 23.5 Å². The number of carbonyl (C=O) groups is 1. The molecule has 0 bridgehead atoms. The summed E-state index contributed by atoms with van der Waals surface area (Å²) in [4.78, 5) is 14.9. The second-order valence-corrected chi connectivity index (χ2v) is 7.14. The Kier molecular flexibility index (Phi) is 5.61. The molecule has 2 aromatic carbocycles. The van der Waals surface area contributed by atoms with Gasteiger partial charge >= 0.3 is 0 Å². The normalized spacial score (nSPS) is 13.0. The molecule has 0 radical (unpaired) electrons. The Bertz CT molecular complexity index is 1020. The SMILES string of the molecule is COc1ccc(C(=O)N(Cc2cc(-c3ccc(OC)cc3OC)on2)C2CC2)cc1. The van der Waals surface area contributed by atoms with Crippen molar-refractivity contribution >= 4 is 5.91 Å². The molecule has 30 heavy (non-hydrogen) atoms. The van der Waals surface area contributed by atoms with Gasteiger partial charge in [-0.2, -0.15) is 0 Å². The van der Waals surface area contributed by atoms with E-state index in [-0.39, 0.29) is 11.9 Å². The number of aromatic nitrogens is 1. The Morgan fingerprint density at radius 2 is 1.70 bits per heavy atom. The van der Waals surface area contributed by atoms with Crippen molar-refractivity contribution in [1.82, 2.24) is 10.1 Å². The van der Waals surface area contributed by atoms with Gasteiger partial charge in [-0.05, 0) is 49.2 Å². The van der Waals surface area contributed by atoms with Gasteiger partial charge in [0.15, 0.2) is 5.76 Å². The fraction of sp³-hybridized carbons (Fsp3) is 0.304. The summed E-state index contributed by atoms with van der Waals surface area (Å²) < 4.78 is 21.4. The van der Waals surface area contributed by atoms with E-state index < -0.39 is 0 Å². The van der Waals surface area contributed by atoms with Crippen LogP contribution in [0.25, 0.3) is 11.3 Å². The van der Waals surface area contributed by atoms with Crippen LogP contribution in [0.4, 0.5) is 0 Å². The van der Waals surface area contributed by atoms with E-state index in [1.807, 2.05) is 23.1 Å². The monoisotopic (exact) mass is 408 g/mol. The molecule has 1 aliphatic rings. The van der Waals surface area contributed by atoms with Gasteiger partial charge in [0.1, 0.15) is 22.9 Å². The summed E-state index contributed by atoms with van der Waals surface area (Å²) in [6, 6.07) is 14.7. The molecule has 1 fully saturated rings. The van der Waals surface area contributed by atoms with E-state index in [4.69, 9.17) is 18.7 Å². The predicted octanol–water partition coefficient (Wildman–Crippen LogP) is 4.17. The maximum absolute atomic E-state index is 13.1. The first-order valence-corrected chi connectivity index (χ1v) is 9.76. The van der Waals surface area contributed by atoms with Crippen molar-refractivity contribution in [3.05, 3.63) is 59.8 Å². The number of carbonyl (C=O) groups excluding carboxylic acids is 1. The minimum absolute atomic E-state index is 0.0215. The molecule has 0 atom stereocenters. The van der Waals surface area contributed by atoms with E-state index in [2.05, 4.69) is 5.16 Å². The zero-order chi connectivity index (χ0) is 21.1. The van der Waals surface area contributed by atoms with Gasteiger partial charge in [0.25, 0.3) is 5.91 Å². The zero-order valence-corrected chi connectivity index (χ0v) is 17.3. The van der Waals surface area contributed by atoms with Crippen molar-refractivity contribution in [3.63, 3.8) is 0 Å². The summed E-state index contributed by atoms with van der Waals surface area (Å²) in [5.74, 6) is 2.61. The van der Waals surface area contributed by atoms with Crippen molar-refractivity contribution in [1.29, 1.82) is 0 Å². The molecule has 0 N–H and O–H groups in total. The third kappa shape index (κ3) is 4.10. The van der Waals surface area contributed by atoms with Crippen molar-refractivity contribution in [2.24, 2.45) is 0 Å². The molecule has 4 rings (SSSR count). The number of hydrogen-bond donors (Lipinski definition) is 0. The van der Waals surface area contributed by atoms with Crippen LogP contribution in [-0.2, 0) is 6.54 Å². The Balaban J connectivity index is 1.54. The minimum atomic E-state index is -0.0215. The van der Waals surface area contributed by atoms with E-state index in [0.717, 1.165) is 24.2 Å². The molecule has 1 amide bonds. The van der Waals surface area contributed by atoms with Crippen molar-refractivity contribution in [3.8, 4) is 28.6 Å². The maximum atomic E-state index is 13.1. The lowest BCUT2D eigenvalue weighted by atomic mass is 10.1. The number of rotatable bonds is 8. The third-order valence-corrected chi connectivity index (χ3v) is 5.15. The highest BCUT2D eigenvalue weighted by molar-refractivity contribution is 5.94. The molecule has 7 heteroatoms. The molecule has 7 nitrogen and oxygen atoms in total. The quantitative estimate of drug-likeness (QED) is 0.557. The molecule has 156 valence electrons. The molecule has 0 unspecified atom stereocenters. The third-order valence-electron chi connectivity index (χ3n) is 5.15. The first kappa shape index (κ1) is 19.8. The summed E-state index contributed by atoms with van der Waals surface area (Å²) in [6.45, 7) is 0.386. The molecule has 0 spiro atoms. The Labute approximate surface area is 175 Å². The molecule has 3 aromatic rings. The first-order chi connectivity index (χ1) is 14.6. The highest BCUT2D eigenvalue weighted by atomic mass is 16.5. The van der Waals surface area contributed by atoms with E-state index >= 15 is 0 Å². The predicted molar refractivity (Wildman–Crippen MR) is 111 cm³/mol. The second kappa shape index (κ2) is 8.49. The molecule has 1 aromatic heterocycles. The Morgan fingerprint density at radius 3 is 2.33 bits per heavy atom. The summed E-state index contributed by atoms with van der Waals surface area (Å²) in [6.07, 6.45) is 2.00. The number of methoxy groups -OCH3 is 3. The molecule has 1 heterocycles. The number of benzene rings is 2. The lowest BCUT2D eigenvalue weighted by Crippen LogP contribution is -2.32. The molecule has 1 saturated carbocycles. The number of ether oxygens (including phenoxy) is 3. The van der Waals surface area contributed by atoms with Gasteiger partial charge in [-0.3, -0.25) is 4.79 Å². The van der Waals surface area contributed by atoms with Crippen molar-refractivity contribution in [2.75, 3.05) is 21.3 Å². The highest BCUT2D eigenvalue weighted by Crippen LogP contribution is 2.35. The van der Waals surface area contributed by atoms with Crippen LogP contribution >= 0.6 is 0 Å². The van der Waals surface area contributed by atoms with Gasteiger partial charge in [0.2, 0.25) is 0 Å². The standard InChI is InChI=1S/C23H24N2O5/c1-27-18-8-4-15(5-9-18)23(26)25(17-6-7-17)14-16-12-22(30-24-16)20-11-10-19(28-2)13-21(20)29-3/h4-5,8-13,17H,6-7,14H2,1-3H3. The van der Waals surface area contributed by atoms with Crippen LogP contribution in [0.3, 0.4) is 0 Å².